The molecule has 0 aliphatic carbocycles. The summed E-state index contributed by atoms with van der Waals surface area (Å²) >= 11 is 12.2. The molecule has 0 spiro atoms. The standard InChI is InChI=1S/C23H22ClFN2O3.C23H18ClFN2O3.B.Na.H/c2*24-20-2-1-10-26-23(20)30-19-9-11-27(13-19)21-8-5-16(12-17(21)14-28)22(29)15-3-6-18(25)7-4-15;;;/h1-8,10,12,19,22,28-29H,9,11,13-14H2;1-8,10,12,14,19H,9,11,13H2;;;/q;;;+1;-1/t19-,22?;19-;;;/m00.../s1. The zero-order valence-corrected chi connectivity index (χ0v) is 37.2. The van der Waals surface area contributed by atoms with Crippen molar-refractivity contribution in [2.45, 2.75) is 37.8 Å². The molecule has 4 heterocycles. The summed E-state index contributed by atoms with van der Waals surface area (Å²) < 4.78 is 38.1. The molecule has 3 atom stereocenters. The van der Waals surface area contributed by atoms with Gasteiger partial charge in [0.25, 0.3) is 0 Å². The Balaban J connectivity index is 0.000000264. The Morgan fingerprint density at radius 3 is 1.79 bits per heavy atom. The first-order chi connectivity index (χ1) is 29.1. The first kappa shape index (κ1) is 48.2. The average Bonchev–Trinajstić information content (AvgIpc) is 3.95. The number of benzene rings is 4. The van der Waals surface area contributed by atoms with Crippen molar-refractivity contribution >= 4 is 55.1 Å². The Hall–Kier alpha value is -4.86. The molecule has 8 rings (SSSR count). The molecule has 0 bridgehead atoms. The summed E-state index contributed by atoms with van der Waals surface area (Å²) in [6.45, 7) is 2.51. The number of nitrogens with zero attached hydrogens (tertiary/aromatic N) is 4. The first-order valence-corrected chi connectivity index (χ1v) is 20.0. The Morgan fingerprint density at radius 2 is 1.26 bits per heavy atom. The molecule has 2 aliphatic rings. The molecule has 3 radical (unpaired) electrons. The molecule has 2 fully saturated rings. The fourth-order valence-corrected chi connectivity index (χ4v) is 7.54. The number of aldehydes is 1. The molecule has 2 N–H and O–H groups in total. The quantitative estimate of drug-likeness (QED) is 0.0937. The fraction of sp³-hybridized carbons (Fsp3) is 0.217. The molecular formula is C46H41BCl2F2N4NaO6. The van der Waals surface area contributed by atoms with Crippen molar-refractivity contribution in [3.63, 3.8) is 0 Å². The number of hydrogen-bond donors (Lipinski definition) is 2. The second kappa shape index (κ2) is 22.5. The summed E-state index contributed by atoms with van der Waals surface area (Å²) in [5.41, 5.74) is 4.73. The van der Waals surface area contributed by atoms with Gasteiger partial charge >= 0.3 is 29.6 Å². The van der Waals surface area contributed by atoms with Gasteiger partial charge in [-0.05, 0) is 102 Å². The number of halogens is 4. The van der Waals surface area contributed by atoms with Gasteiger partial charge in [0.15, 0.2) is 12.1 Å². The van der Waals surface area contributed by atoms with Crippen LogP contribution < -0.4 is 48.8 Å². The van der Waals surface area contributed by atoms with Gasteiger partial charge in [0.05, 0.1) is 19.7 Å². The summed E-state index contributed by atoms with van der Waals surface area (Å²) in [4.78, 5) is 36.9. The summed E-state index contributed by atoms with van der Waals surface area (Å²) in [6, 6.07) is 28.5. The van der Waals surface area contributed by atoms with E-state index < -0.39 is 11.9 Å². The average molecular weight is 889 g/mol. The Kier molecular flexibility index (Phi) is 17.5. The first-order valence-electron chi connectivity index (χ1n) is 19.2. The van der Waals surface area contributed by atoms with Crippen LogP contribution in [0.25, 0.3) is 0 Å². The van der Waals surface area contributed by atoms with Crippen molar-refractivity contribution < 1.29 is 69.0 Å². The van der Waals surface area contributed by atoms with Crippen LogP contribution in [0.15, 0.2) is 122 Å². The topological polar surface area (TPSA) is 125 Å². The zero-order valence-electron chi connectivity index (χ0n) is 34.7. The van der Waals surface area contributed by atoms with Crippen LogP contribution in [0.5, 0.6) is 11.8 Å². The minimum Gasteiger partial charge on any atom is -1.00 e. The molecule has 313 valence electrons. The van der Waals surface area contributed by atoms with E-state index in [9.17, 15) is 28.6 Å². The number of pyridine rings is 2. The van der Waals surface area contributed by atoms with Crippen molar-refractivity contribution in [1.29, 1.82) is 0 Å². The van der Waals surface area contributed by atoms with Gasteiger partial charge in [-0.15, -0.1) is 0 Å². The molecule has 0 saturated carbocycles. The van der Waals surface area contributed by atoms with Crippen LogP contribution in [0.1, 0.15) is 63.3 Å². The predicted octanol–water partition coefficient (Wildman–Crippen LogP) is 5.42. The number of carbonyl (C=O) groups is 2. The third kappa shape index (κ3) is 11.8. The minimum absolute atomic E-state index is 0. The van der Waals surface area contributed by atoms with Gasteiger partial charge in [-0.2, -0.15) is 0 Å². The van der Waals surface area contributed by atoms with Gasteiger partial charge in [-0.1, -0.05) is 41.4 Å². The monoisotopic (exact) mass is 887 g/mol. The fourth-order valence-electron chi connectivity index (χ4n) is 7.21. The van der Waals surface area contributed by atoms with Crippen molar-refractivity contribution in [3.8, 4) is 11.8 Å². The Bertz CT molecular complexity index is 2460. The number of anilines is 2. The molecule has 2 aromatic heterocycles. The minimum atomic E-state index is -0.897. The maximum absolute atomic E-state index is 13.1. The van der Waals surface area contributed by atoms with Crippen LogP contribution in [-0.4, -0.2) is 79.1 Å². The van der Waals surface area contributed by atoms with Crippen LogP contribution in [0, 0.1) is 11.6 Å². The van der Waals surface area contributed by atoms with Gasteiger partial charge in [-0.3, -0.25) is 9.59 Å². The summed E-state index contributed by atoms with van der Waals surface area (Å²) in [6.07, 6.45) is 4.48. The van der Waals surface area contributed by atoms with E-state index in [4.69, 9.17) is 32.7 Å². The molecule has 0 amide bonds. The number of carbonyl (C=O) groups excluding carboxylic acids is 2. The number of rotatable bonds is 12. The number of aliphatic hydroxyl groups is 2. The second-order valence-corrected chi connectivity index (χ2v) is 15.1. The van der Waals surface area contributed by atoms with E-state index in [1.54, 1.807) is 73.1 Å². The molecule has 2 saturated heterocycles. The summed E-state index contributed by atoms with van der Waals surface area (Å²) in [7, 11) is 0. The van der Waals surface area contributed by atoms with Crippen molar-refractivity contribution in [1.82, 2.24) is 9.97 Å². The van der Waals surface area contributed by atoms with E-state index in [2.05, 4.69) is 14.9 Å². The number of ether oxygens (including phenoxy) is 2. The van der Waals surface area contributed by atoms with E-state index in [1.165, 1.54) is 36.4 Å². The third-order valence-electron chi connectivity index (χ3n) is 10.3. The molecule has 6 aromatic rings. The van der Waals surface area contributed by atoms with Crippen LogP contribution >= 0.6 is 23.2 Å². The van der Waals surface area contributed by atoms with Crippen molar-refractivity contribution in [3.05, 3.63) is 177 Å². The van der Waals surface area contributed by atoms with Gasteiger partial charge in [0.2, 0.25) is 11.8 Å². The molecular weight excluding hydrogens is 847 g/mol. The van der Waals surface area contributed by atoms with E-state index >= 15 is 0 Å². The van der Waals surface area contributed by atoms with Gasteiger partial charge in [0.1, 0.15) is 40.0 Å². The van der Waals surface area contributed by atoms with Crippen LogP contribution in [0.2, 0.25) is 10.0 Å². The second-order valence-electron chi connectivity index (χ2n) is 14.3. The number of aliphatic hydroxyl groups excluding tert-OH is 2. The maximum Gasteiger partial charge on any atom is 1.00 e. The SMILES string of the molecule is O=Cc1cc(C(=O)c2ccc(F)cc2)ccc1N1CC[C@H](Oc2ncccc2Cl)C1.OCc1cc(C(O)c2ccc(F)cc2)ccc1N1CC[C@H](Oc2ncccc2Cl)C1.[B].[H-].[Na+]. The van der Waals surface area contributed by atoms with E-state index in [0.29, 0.717) is 74.8 Å². The van der Waals surface area contributed by atoms with E-state index in [1.807, 2.05) is 17.0 Å². The number of aromatic nitrogens is 2. The predicted molar refractivity (Wildman–Crippen MR) is 232 cm³/mol. The molecule has 1 unspecified atom stereocenters. The molecule has 16 heteroatoms. The van der Waals surface area contributed by atoms with Gasteiger partial charge < -0.3 is 30.9 Å². The van der Waals surface area contributed by atoms with Crippen molar-refractivity contribution in [2.75, 3.05) is 36.0 Å². The van der Waals surface area contributed by atoms with E-state index in [0.717, 1.165) is 37.0 Å². The third-order valence-corrected chi connectivity index (χ3v) is 10.9. The van der Waals surface area contributed by atoms with Crippen LogP contribution in [0.3, 0.4) is 0 Å². The Labute approximate surface area is 393 Å². The van der Waals surface area contributed by atoms with Gasteiger partial charge in [-0.25, -0.2) is 18.7 Å². The van der Waals surface area contributed by atoms with E-state index in [-0.39, 0.29) is 69.8 Å². The normalized spacial score (nSPS) is 16.0. The molecule has 62 heavy (non-hydrogen) atoms. The van der Waals surface area contributed by atoms with Gasteiger partial charge in [0, 0.05) is 80.4 Å². The van der Waals surface area contributed by atoms with Crippen LogP contribution in [0.4, 0.5) is 20.2 Å². The summed E-state index contributed by atoms with van der Waals surface area (Å²) in [5.74, 6) is -0.214. The zero-order chi connectivity index (χ0) is 42.2. The largest absolute Gasteiger partial charge is 1.00 e. The maximum atomic E-state index is 13.1. The smallest absolute Gasteiger partial charge is 1.00 e. The van der Waals surface area contributed by atoms with Crippen LogP contribution in [-0.2, 0) is 6.61 Å². The number of ketones is 1. The summed E-state index contributed by atoms with van der Waals surface area (Å²) in [5, 5.41) is 21.5. The molecule has 4 aromatic carbocycles. The number of hydrogen-bond acceptors (Lipinski definition) is 10. The Morgan fingerprint density at radius 1 is 0.758 bits per heavy atom. The van der Waals surface area contributed by atoms with Crippen molar-refractivity contribution in [2.24, 2.45) is 0 Å². The molecule has 10 nitrogen and oxygen atoms in total. The molecule has 2 aliphatic heterocycles.